The van der Waals surface area contributed by atoms with Crippen molar-refractivity contribution in [2.45, 2.75) is 12.8 Å². The highest BCUT2D eigenvalue weighted by atomic mass is 16.7. The second-order valence-electron chi connectivity index (χ2n) is 7.59. The molecule has 1 saturated heterocycles. The fourth-order valence-electron chi connectivity index (χ4n) is 3.99. The Morgan fingerprint density at radius 1 is 1.17 bits per heavy atom. The molecule has 2 aromatic rings. The second kappa shape index (κ2) is 9.61. The first-order valence-corrected chi connectivity index (χ1v) is 10.5. The van der Waals surface area contributed by atoms with Crippen LogP contribution >= 0.6 is 0 Å². The van der Waals surface area contributed by atoms with Crippen molar-refractivity contribution in [1.29, 1.82) is 0 Å². The van der Waals surface area contributed by atoms with Gasteiger partial charge in [-0.1, -0.05) is 18.2 Å². The summed E-state index contributed by atoms with van der Waals surface area (Å²) >= 11 is 0. The molecule has 0 amide bonds. The van der Waals surface area contributed by atoms with Gasteiger partial charge in [-0.3, -0.25) is 4.99 Å². The Kier molecular flexibility index (Phi) is 6.47. The summed E-state index contributed by atoms with van der Waals surface area (Å²) in [5.41, 5.74) is 2.39. The van der Waals surface area contributed by atoms with Crippen molar-refractivity contribution in [3.8, 4) is 17.2 Å². The summed E-state index contributed by atoms with van der Waals surface area (Å²) in [6, 6.07) is 14.3. The molecule has 0 saturated carbocycles. The number of para-hydroxylation sites is 2. The molecule has 4 rings (SSSR count). The second-order valence-corrected chi connectivity index (χ2v) is 7.59. The molecule has 2 aliphatic heterocycles. The molecule has 160 valence electrons. The Hall–Kier alpha value is -3.09. The van der Waals surface area contributed by atoms with Crippen LogP contribution in [0.25, 0.3) is 0 Å². The van der Waals surface area contributed by atoms with E-state index in [1.54, 1.807) is 7.11 Å². The number of guanidine groups is 1. The number of fused-ring (bicyclic) bond motifs is 1. The van der Waals surface area contributed by atoms with Crippen molar-refractivity contribution in [1.82, 2.24) is 10.6 Å². The van der Waals surface area contributed by atoms with Crippen molar-refractivity contribution in [3.05, 3.63) is 48.0 Å². The molecule has 0 radical (unpaired) electrons. The van der Waals surface area contributed by atoms with Crippen LogP contribution in [0.2, 0.25) is 0 Å². The molecular weight excluding hydrogens is 380 g/mol. The SMILES string of the molecule is CN=C(NCCc1ccc2c(c1)OCO2)NCC1CCN(c2ccccc2OC)C1. The molecule has 7 nitrogen and oxygen atoms in total. The lowest BCUT2D eigenvalue weighted by Gasteiger charge is -2.21. The van der Waals surface area contributed by atoms with Crippen molar-refractivity contribution in [2.24, 2.45) is 10.9 Å². The van der Waals surface area contributed by atoms with E-state index < -0.39 is 0 Å². The number of ether oxygens (including phenoxy) is 3. The maximum Gasteiger partial charge on any atom is 0.231 e. The van der Waals surface area contributed by atoms with E-state index in [0.717, 1.165) is 62.2 Å². The zero-order chi connectivity index (χ0) is 20.8. The first-order valence-electron chi connectivity index (χ1n) is 10.5. The molecule has 0 aromatic heterocycles. The van der Waals surface area contributed by atoms with Gasteiger partial charge in [0.25, 0.3) is 0 Å². The smallest absolute Gasteiger partial charge is 0.231 e. The molecule has 30 heavy (non-hydrogen) atoms. The Morgan fingerprint density at radius 3 is 2.90 bits per heavy atom. The van der Waals surface area contributed by atoms with Crippen LogP contribution in [0.4, 0.5) is 5.69 Å². The molecule has 7 heteroatoms. The van der Waals surface area contributed by atoms with E-state index in [2.05, 4.69) is 38.7 Å². The minimum Gasteiger partial charge on any atom is -0.495 e. The number of anilines is 1. The molecule has 1 atom stereocenters. The van der Waals surface area contributed by atoms with Crippen LogP contribution in [0, 0.1) is 5.92 Å². The van der Waals surface area contributed by atoms with Gasteiger partial charge in [0.2, 0.25) is 6.79 Å². The van der Waals surface area contributed by atoms with Gasteiger partial charge in [-0.25, -0.2) is 0 Å². The van der Waals surface area contributed by atoms with Gasteiger partial charge in [0.15, 0.2) is 17.5 Å². The summed E-state index contributed by atoms with van der Waals surface area (Å²) in [4.78, 5) is 6.76. The van der Waals surface area contributed by atoms with E-state index in [1.807, 2.05) is 31.3 Å². The summed E-state index contributed by atoms with van der Waals surface area (Å²) in [5, 5.41) is 6.88. The van der Waals surface area contributed by atoms with Gasteiger partial charge in [-0.2, -0.15) is 0 Å². The highest BCUT2D eigenvalue weighted by molar-refractivity contribution is 5.79. The number of nitrogens with one attached hydrogen (secondary N) is 2. The van der Waals surface area contributed by atoms with Gasteiger partial charge in [0, 0.05) is 33.2 Å². The average molecular weight is 411 g/mol. The van der Waals surface area contributed by atoms with E-state index in [9.17, 15) is 0 Å². The maximum absolute atomic E-state index is 5.51. The number of hydrogen-bond acceptors (Lipinski definition) is 5. The predicted octanol–water partition coefficient (Wildman–Crippen LogP) is 2.66. The molecule has 0 bridgehead atoms. The molecule has 2 N–H and O–H groups in total. The van der Waals surface area contributed by atoms with E-state index in [0.29, 0.717) is 12.7 Å². The van der Waals surface area contributed by atoms with Gasteiger partial charge in [-0.05, 0) is 48.6 Å². The van der Waals surface area contributed by atoms with Crippen molar-refractivity contribution < 1.29 is 14.2 Å². The molecule has 1 unspecified atom stereocenters. The third-order valence-electron chi connectivity index (χ3n) is 5.64. The lowest BCUT2D eigenvalue weighted by atomic mass is 10.1. The van der Waals surface area contributed by atoms with Crippen molar-refractivity contribution >= 4 is 11.6 Å². The highest BCUT2D eigenvalue weighted by Gasteiger charge is 2.24. The van der Waals surface area contributed by atoms with Crippen LogP contribution in [0.15, 0.2) is 47.5 Å². The number of rotatable bonds is 7. The fraction of sp³-hybridized carbons (Fsp3) is 0.435. The number of benzene rings is 2. The molecular formula is C23H30N4O3. The predicted molar refractivity (Wildman–Crippen MR) is 119 cm³/mol. The lowest BCUT2D eigenvalue weighted by molar-refractivity contribution is 0.174. The number of aliphatic imine (C=N–C) groups is 1. The zero-order valence-electron chi connectivity index (χ0n) is 17.7. The summed E-state index contributed by atoms with van der Waals surface area (Å²) in [5.74, 6) is 4.00. The number of methoxy groups -OCH3 is 1. The van der Waals surface area contributed by atoms with Gasteiger partial charge in [0.1, 0.15) is 5.75 Å². The Labute approximate surface area is 178 Å². The summed E-state index contributed by atoms with van der Waals surface area (Å²) in [6.07, 6.45) is 2.04. The summed E-state index contributed by atoms with van der Waals surface area (Å²) < 4.78 is 16.3. The number of hydrogen-bond donors (Lipinski definition) is 2. The first-order chi connectivity index (χ1) is 14.8. The first kappa shape index (κ1) is 20.2. The van der Waals surface area contributed by atoms with Gasteiger partial charge in [0.05, 0.1) is 12.8 Å². The summed E-state index contributed by atoms with van der Waals surface area (Å²) in [6.45, 7) is 4.07. The summed E-state index contributed by atoms with van der Waals surface area (Å²) in [7, 11) is 3.54. The molecule has 2 aromatic carbocycles. The average Bonchev–Trinajstić information content (AvgIpc) is 3.45. The van der Waals surface area contributed by atoms with E-state index in [-0.39, 0.29) is 0 Å². The van der Waals surface area contributed by atoms with Gasteiger partial charge in [-0.15, -0.1) is 0 Å². The van der Waals surface area contributed by atoms with Crippen LogP contribution in [0.1, 0.15) is 12.0 Å². The fourth-order valence-corrected chi connectivity index (χ4v) is 3.99. The van der Waals surface area contributed by atoms with Gasteiger partial charge < -0.3 is 29.7 Å². The molecule has 1 fully saturated rings. The van der Waals surface area contributed by atoms with Gasteiger partial charge >= 0.3 is 0 Å². The van der Waals surface area contributed by atoms with Crippen LogP contribution in [0.5, 0.6) is 17.2 Å². The molecule has 0 spiro atoms. The largest absolute Gasteiger partial charge is 0.495 e. The third-order valence-corrected chi connectivity index (χ3v) is 5.64. The van der Waals surface area contributed by atoms with E-state index >= 15 is 0 Å². The van der Waals surface area contributed by atoms with Crippen LogP contribution in [-0.4, -0.2) is 53.1 Å². The van der Waals surface area contributed by atoms with E-state index in [4.69, 9.17) is 14.2 Å². The van der Waals surface area contributed by atoms with E-state index in [1.165, 1.54) is 11.3 Å². The zero-order valence-corrected chi connectivity index (χ0v) is 17.7. The minimum atomic E-state index is 0.309. The third kappa shape index (κ3) is 4.72. The Balaban J connectivity index is 1.21. The maximum atomic E-state index is 5.51. The minimum absolute atomic E-state index is 0.309. The van der Waals surface area contributed by atoms with Crippen molar-refractivity contribution in [2.75, 3.05) is 52.0 Å². The molecule has 0 aliphatic carbocycles. The lowest BCUT2D eigenvalue weighted by Crippen LogP contribution is -2.41. The standard InChI is InChI=1S/C23H30N4O3/c1-24-23(25-11-9-17-7-8-21-22(13-17)30-16-29-21)26-14-18-10-12-27(15-18)19-5-3-4-6-20(19)28-2/h3-8,13,18H,9-12,14-16H2,1-2H3,(H2,24,25,26). The number of nitrogens with zero attached hydrogens (tertiary/aromatic N) is 2. The monoisotopic (exact) mass is 410 g/mol. The highest BCUT2D eigenvalue weighted by Crippen LogP contribution is 2.33. The van der Waals surface area contributed by atoms with Crippen LogP contribution in [-0.2, 0) is 6.42 Å². The molecule has 2 heterocycles. The van der Waals surface area contributed by atoms with Crippen LogP contribution in [0.3, 0.4) is 0 Å². The Morgan fingerprint density at radius 2 is 2.03 bits per heavy atom. The topological polar surface area (TPSA) is 67.4 Å². The normalized spacial score (nSPS) is 17.9. The quantitative estimate of drug-likeness (QED) is 0.540. The van der Waals surface area contributed by atoms with Crippen LogP contribution < -0.4 is 29.7 Å². The Bertz CT molecular complexity index is 887. The van der Waals surface area contributed by atoms with Crippen molar-refractivity contribution in [3.63, 3.8) is 0 Å². The molecule has 2 aliphatic rings.